The molecule has 1 aromatic heterocycles. The second kappa shape index (κ2) is 5.81. The van der Waals surface area contributed by atoms with Crippen molar-refractivity contribution in [2.45, 2.75) is 38.8 Å². The van der Waals surface area contributed by atoms with Gasteiger partial charge in [0.25, 0.3) is 0 Å². The molecule has 1 aliphatic heterocycles. The predicted octanol–water partition coefficient (Wildman–Crippen LogP) is 2.40. The standard InChI is InChI=1S/C17H22N4O3/c1-17(2,3)24-16(23)21-9-8-11-6-5-7-13(22)14(11)15(21)12-10-20(4)19-18-12/h5-7,10,15,22H,8-9H2,1-4H3. The molecule has 2 heterocycles. The average molecular weight is 330 g/mol. The van der Waals surface area contributed by atoms with Gasteiger partial charge in [-0.1, -0.05) is 17.3 Å². The minimum atomic E-state index is -0.594. The maximum Gasteiger partial charge on any atom is 0.411 e. The number of nitrogens with zero attached hydrogens (tertiary/aromatic N) is 4. The molecule has 0 saturated carbocycles. The van der Waals surface area contributed by atoms with Gasteiger partial charge in [-0.05, 0) is 38.8 Å². The van der Waals surface area contributed by atoms with Crippen LogP contribution in [0.4, 0.5) is 4.79 Å². The van der Waals surface area contributed by atoms with Gasteiger partial charge >= 0.3 is 6.09 Å². The van der Waals surface area contributed by atoms with Crippen molar-refractivity contribution in [1.82, 2.24) is 19.9 Å². The Morgan fingerprint density at radius 1 is 1.38 bits per heavy atom. The topological polar surface area (TPSA) is 80.5 Å². The van der Waals surface area contributed by atoms with E-state index in [0.717, 1.165) is 5.56 Å². The van der Waals surface area contributed by atoms with Crippen LogP contribution in [-0.2, 0) is 18.2 Å². The molecule has 0 fully saturated rings. The molecule has 0 radical (unpaired) electrons. The van der Waals surface area contributed by atoms with Gasteiger partial charge in [0, 0.05) is 19.2 Å². The third-order valence-electron chi connectivity index (χ3n) is 3.91. The molecular formula is C17H22N4O3. The van der Waals surface area contributed by atoms with Crippen molar-refractivity contribution in [3.05, 3.63) is 41.2 Å². The summed E-state index contributed by atoms with van der Waals surface area (Å²) in [6.45, 7) is 5.99. The first-order valence-corrected chi connectivity index (χ1v) is 7.93. The molecule has 1 aliphatic rings. The first-order valence-electron chi connectivity index (χ1n) is 7.93. The number of carbonyl (C=O) groups is 1. The van der Waals surface area contributed by atoms with Crippen LogP contribution in [0.1, 0.15) is 43.6 Å². The van der Waals surface area contributed by atoms with E-state index in [2.05, 4.69) is 10.3 Å². The van der Waals surface area contributed by atoms with E-state index < -0.39 is 17.7 Å². The normalized spacial score (nSPS) is 17.5. The maximum atomic E-state index is 12.7. The van der Waals surface area contributed by atoms with E-state index in [9.17, 15) is 9.90 Å². The zero-order valence-electron chi connectivity index (χ0n) is 14.4. The third-order valence-corrected chi connectivity index (χ3v) is 3.91. The number of aromatic nitrogens is 3. The van der Waals surface area contributed by atoms with E-state index in [1.165, 1.54) is 0 Å². The Labute approximate surface area is 140 Å². The number of hydrogen-bond donors (Lipinski definition) is 1. The predicted molar refractivity (Wildman–Crippen MR) is 87.6 cm³/mol. The number of carbonyl (C=O) groups excluding carboxylic acids is 1. The van der Waals surface area contributed by atoms with Gasteiger partial charge < -0.3 is 9.84 Å². The maximum absolute atomic E-state index is 12.7. The van der Waals surface area contributed by atoms with E-state index in [4.69, 9.17) is 4.74 Å². The minimum absolute atomic E-state index is 0.149. The van der Waals surface area contributed by atoms with Crippen molar-refractivity contribution >= 4 is 6.09 Å². The molecule has 1 N–H and O–H groups in total. The SMILES string of the molecule is Cn1cc(C2c3c(O)cccc3CCN2C(=O)OC(C)(C)C)nn1. The molecule has 24 heavy (non-hydrogen) atoms. The lowest BCUT2D eigenvalue weighted by atomic mass is 9.90. The molecule has 1 atom stereocenters. The molecular weight excluding hydrogens is 308 g/mol. The molecule has 0 bridgehead atoms. The van der Waals surface area contributed by atoms with Crippen LogP contribution >= 0.6 is 0 Å². The molecule has 0 spiro atoms. The van der Waals surface area contributed by atoms with Gasteiger partial charge in [-0.2, -0.15) is 0 Å². The van der Waals surface area contributed by atoms with Crippen LogP contribution in [0.3, 0.4) is 0 Å². The van der Waals surface area contributed by atoms with Gasteiger partial charge in [0.2, 0.25) is 0 Å². The minimum Gasteiger partial charge on any atom is -0.508 e. The first-order chi connectivity index (χ1) is 11.3. The summed E-state index contributed by atoms with van der Waals surface area (Å²) in [7, 11) is 1.77. The van der Waals surface area contributed by atoms with Gasteiger partial charge in [-0.3, -0.25) is 9.58 Å². The largest absolute Gasteiger partial charge is 0.508 e. The van der Waals surface area contributed by atoms with E-state index >= 15 is 0 Å². The summed E-state index contributed by atoms with van der Waals surface area (Å²) < 4.78 is 7.12. The summed E-state index contributed by atoms with van der Waals surface area (Å²) in [5.74, 6) is 0.149. The van der Waals surface area contributed by atoms with Gasteiger partial charge in [0.15, 0.2) is 0 Å². The number of amides is 1. The van der Waals surface area contributed by atoms with Crippen LogP contribution in [0.15, 0.2) is 24.4 Å². The number of phenols is 1. The highest BCUT2D eigenvalue weighted by Gasteiger charge is 2.37. The van der Waals surface area contributed by atoms with Crippen molar-refractivity contribution in [2.24, 2.45) is 7.05 Å². The summed E-state index contributed by atoms with van der Waals surface area (Å²) in [5.41, 5.74) is 1.70. The number of aryl methyl sites for hydroxylation is 1. The molecule has 0 saturated heterocycles. The molecule has 128 valence electrons. The molecule has 2 aromatic rings. The first kappa shape index (κ1) is 16.3. The summed E-state index contributed by atoms with van der Waals surface area (Å²) >= 11 is 0. The van der Waals surface area contributed by atoms with E-state index in [-0.39, 0.29) is 5.75 Å². The van der Waals surface area contributed by atoms with Crippen molar-refractivity contribution < 1.29 is 14.6 Å². The highest BCUT2D eigenvalue weighted by Crippen LogP contribution is 2.39. The second-order valence-corrected chi connectivity index (χ2v) is 6.99. The fraction of sp³-hybridized carbons (Fsp3) is 0.471. The molecule has 1 unspecified atom stereocenters. The van der Waals surface area contributed by atoms with Gasteiger partial charge in [0.05, 0.1) is 6.20 Å². The zero-order chi connectivity index (χ0) is 17.5. The summed E-state index contributed by atoms with van der Waals surface area (Å²) in [5, 5.41) is 18.5. The lowest BCUT2D eigenvalue weighted by molar-refractivity contribution is 0.0173. The van der Waals surface area contributed by atoms with E-state index in [0.29, 0.717) is 24.2 Å². The van der Waals surface area contributed by atoms with Crippen molar-refractivity contribution in [2.75, 3.05) is 6.54 Å². The quantitative estimate of drug-likeness (QED) is 0.868. The second-order valence-electron chi connectivity index (χ2n) is 6.99. The number of rotatable bonds is 1. The van der Waals surface area contributed by atoms with Crippen molar-refractivity contribution in [3.63, 3.8) is 0 Å². The van der Waals surface area contributed by atoms with Crippen LogP contribution in [-0.4, -0.2) is 43.2 Å². The number of fused-ring (bicyclic) bond motifs is 1. The molecule has 1 aromatic carbocycles. The van der Waals surface area contributed by atoms with E-state index in [1.54, 1.807) is 28.9 Å². The van der Waals surface area contributed by atoms with E-state index in [1.807, 2.05) is 32.9 Å². The van der Waals surface area contributed by atoms with Gasteiger partial charge in [-0.15, -0.1) is 5.10 Å². The summed E-state index contributed by atoms with van der Waals surface area (Å²) in [6.07, 6.45) is 1.98. The number of phenolic OH excluding ortho intramolecular Hbond substituents is 1. The summed E-state index contributed by atoms with van der Waals surface area (Å²) in [6, 6.07) is 4.88. The number of hydrogen-bond acceptors (Lipinski definition) is 5. The lowest BCUT2D eigenvalue weighted by Gasteiger charge is -2.37. The Morgan fingerprint density at radius 2 is 2.12 bits per heavy atom. The molecule has 0 aliphatic carbocycles. The smallest absolute Gasteiger partial charge is 0.411 e. The molecule has 7 heteroatoms. The third kappa shape index (κ3) is 3.06. The Bertz CT molecular complexity index is 763. The zero-order valence-corrected chi connectivity index (χ0v) is 14.4. The van der Waals surface area contributed by atoms with Crippen LogP contribution in [0, 0.1) is 0 Å². The number of benzene rings is 1. The monoisotopic (exact) mass is 330 g/mol. The molecule has 1 amide bonds. The molecule has 7 nitrogen and oxygen atoms in total. The Kier molecular flexibility index (Phi) is 3.95. The number of ether oxygens (including phenoxy) is 1. The van der Waals surface area contributed by atoms with Crippen LogP contribution in [0.2, 0.25) is 0 Å². The van der Waals surface area contributed by atoms with Crippen molar-refractivity contribution in [1.29, 1.82) is 0 Å². The Balaban J connectivity index is 2.06. The Hall–Kier alpha value is -2.57. The molecule has 3 rings (SSSR count). The van der Waals surface area contributed by atoms with Crippen LogP contribution in [0.25, 0.3) is 0 Å². The van der Waals surface area contributed by atoms with Gasteiger partial charge in [-0.25, -0.2) is 4.79 Å². The Morgan fingerprint density at radius 3 is 2.75 bits per heavy atom. The number of aromatic hydroxyl groups is 1. The average Bonchev–Trinajstić information content (AvgIpc) is 2.91. The summed E-state index contributed by atoms with van der Waals surface area (Å²) in [4.78, 5) is 14.3. The fourth-order valence-corrected chi connectivity index (χ4v) is 2.97. The fourth-order valence-electron chi connectivity index (χ4n) is 2.97. The highest BCUT2D eigenvalue weighted by molar-refractivity contribution is 5.71. The van der Waals surface area contributed by atoms with Crippen LogP contribution < -0.4 is 0 Å². The van der Waals surface area contributed by atoms with Crippen LogP contribution in [0.5, 0.6) is 5.75 Å². The van der Waals surface area contributed by atoms with Gasteiger partial charge in [0.1, 0.15) is 23.1 Å². The highest BCUT2D eigenvalue weighted by atomic mass is 16.6. The van der Waals surface area contributed by atoms with Crippen molar-refractivity contribution in [3.8, 4) is 5.75 Å². The lowest BCUT2D eigenvalue weighted by Crippen LogP contribution is -2.43.